The fourth-order valence-corrected chi connectivity index (χ4v) is 2.56. The van der Waals surface area contributed by atoms with Crippen molar-refractivity contribution in [1.82, 2.24) is 4.90 Å². The minimum atomic E-state index is -1.03. The minimum Gasteiger partial charge on any atom is -0.478 e. The summed E-state index contributed by atoms with van der Waals surface area (Å²) in [5.41, 5.74) is 1.57. The number of carboxylic acid groups (broad SMARTS) is 1. The van der Waals surface area contributed by atoms with E-state index < -0.39 is 5.97 Å². The zero-order valence-electron chi connectivity index (χ0n) is 11.1. The lowest BCUT2D eigenvalue weighted by Gasteiger charge is -2.10. The molecule has 104 valence electrons. The summed E-state index contributed by atoms with van der Waals surface area (Å²) in [5.74, 6) is 0.336. The molecule has 1 aromatic rings. The number of hydrogen-bond donors (Lipinski definition) is 1. The van der Waals surface area contributed by atoms with Crippen LogP contribution in [0.5, 0.6) is 0 Å². The maximum atomic E-state index is 13.2. The van der Waals surface area contributed by atoms with Crippen molar-refractivity contribution < 1.29 is 14.3 Å². The van der Waals surface area contributed by atoms with E-state index in [1.807, 2.05) is 14.1 Å². The Morgan fingerprint density at radius 2 is 2.21 bits per heavy atom. The number of thioether (sulfide) groups is 1. The molecule has 0 aromatic heterocycles. The molecule has 0 amide bonds. The maximum Gasteiger partial charge on any atom is 0.328 e. The van der Waals surface area contributed by atoms with Crippen molar-refractivity contribution in [3.63, 3.8) is 0 Å². The van der Waals surface area contributed by atoms with Crippen molar-refractivity contribution >= 4 is 23.8 Å². The number of carbonyl (C=O) groups is 1. The van der Waals surface area contributed by atoms with Crippen molar-refractivity contribution in [3.05, 3.63) is 41.2 Å². The number of rotatable bonds is 7. The Labute approximate surface area is 117 Å². The van der Waals surface area contributed by atoms with Gasteiger partial charge in [0.15, 0.2) is 0 Å². The van der Waals surface area contributed by atoms with Gasteiger partial charge >= 0.3 is 5.97 Å². The van der Waals surface area contributed by atoms with Gasteiger partial charge in [-0.25, -0.2) is 9.18 Å². The Morgan fingerprint density at radius 1 is 1.47 bits per heavy atom. The van der Waals surface area contributed by atoms with Gasteiger partial charge in [0.1, 0.15) is 5.82 Å². The van der Waals surface area contributed by atoms with E-state index in [4.69, 9.17) is 5.11 Å². The minimum absolute atomic E-state index is 0.355. The second-order valence-electron chi connectivity index (χ2n) is 4.37. The fraction of sp³-hybridized carbons (Fsp3) is 0.357. The van der Waals surface area contributed by atoms with Crippen LogP contribution in [0.25, 0.3) is 6.08 Å². The summed E-state index contributed by atoms with van der Waals surface area (Å²) in [7, 11) is 4.03. The molecule has 5 heteroatoms. The van der Waals surface area contributed by atoms with Crippen LogP contribution in [0.3, 0.4) is 0 Å². The van der Waals surface area contributed by atoms with Crippen LogP contribution in [-0.4, -0.2) is 42.4 Å². The van der Waals surface area contributed by atoms with Gasteiger partial charge in [-0.15, -0.1) is 0 Å². The molecule has 0 saturated heterocycles. The molecule has 0 heterocycles. The summed E-state index contributed by atoms with van der Waals surface area (Å²) < 4.78 is 13.2. The van der Waals surface area contributed by atoms with Gasteiger partial charge in [-0.2, -0.15) is 11.8 Å². The Bertz CT molecular complexity index is 461. The fourth-order valence-electron chi connectivity index (χ4n) is 1.44. The van der Waals surface area contributed by atoms with Gasteiger partial charge in [0.25, 0.3) is 0 Å². The maximum absolute atomic E-state index is 13.2. The third-order valence-corrected chi connectivity index (χ3v) is 3.44. The van der Waals surface area contributed by atoms with Crippen LogP contribution >= 0.6 is 11.8 Å². The molecule has 3 nitrogen and oxygen atoms in total. The highest BCUT2D eigenvalue weighted by Crippen LogP contribution is 2.19. The first-order valence-corrected chi connectivity index (χ1v) is 7.06. The van der Waals surface area contributed by atoms with Crippen LogP contribution in [-0.2, 0) is 10.5 Å². The summed E-state index contributed by atoms with van der Waals surface area (Å²) in [6.07, 6.45) is 2.47. The smallest absolute Gasteiger partial charge is 0.328 e. The molecule has 0 aliphatic carbocycles. The van der Waals surface area contributed by atoms with E-state index in [0.717, 1.165) is 29.7 Å². The van der Waals surface area contributed by atoms with Crippen LogP contribution in [0.2, 0.25) is 0 Å². The molecule has 0 aliphatic rings. The normalized spacial score (nSPS) is 11.4. The Morgan fingerprint density at radius 3 is 2.84 bits per heavy atom. The van der Waals surface area contributed by atoms with Crippen LogP contribution in [0.15, 0.2) is 24.3 Å². The molecule has 0 unspecified atom stereocenters. The van der Waals surface area contributed by atoms with Gasteiger partial charge in [-0.1, -0.05) is 6.07 Å². The molecule has 0 atom stereocenters. The second-order valence-corrected chi connectivity index (χ2v) is 5.48. The SMILES string of the molecule is CN(C)CCSCc1ccc(F)cc1C=CC(=O)O. The molecule has 0 bridgehead atoms. The average molecular weight is 283 g/mol. The summed E-state index contributed by atoms with van der Waals surface area (Å²) in [5, 5.41) is 8.62. The van der Waals surface area contributed by atoms with E-state index >= 15 is 0 Å². The second kappa shape index (κ2) is 7.96. The molecule has 1 N–H and O–H groups in total. The van der Waals surface area contributed by atoms with E-state index in [1.54, 1.807) is 17.8 Å². The summed E-state index contributed by atoms with van der Waals surface area (Å²) in [4.78, 5) is 12.6. The molecule has 0 radical (unpaired) electrons. The van der Waals surface area contributed by atoms with Crippen LogP contribution in [0.1, 0.15) is 11.1 Å². The first kappa shape index (κ1) is 15.7. The molecule has 1 rings (SSSR count). The molecule has 0 spiro atoms. The van der Waals surface area contributed by atoms with Crippen LogP contribution in [0, 0.1) is 5.82 Å². The van der Waals surface area contributed by atoms with Gasteiger partial charge in [-0.3, -0.25) is 0 Å². The van der Waals surface area contributed by atoms with Crippen molar-refractivity contribution in [2.24, 2.45) is 0 Å². The Hall–Kier alpha value is -1.33. The molecule has 1 aromatic carbocycles. The van der Waals surface area contributed by atoms with Gasteiger partial charge in [-0.05, 0) is 43.4 Å². The highest BCUT2D eigenvalue weighted by Gasteiger charge is 2.03. The predicted molar refractivity (Wildman–Crippen MR) is 77.8 cm³/mol. The third-order valence-electron chi connectivity index (χ3n) is 2.45. The molecular formula is C14H18FNO2S. The highest BCUT2D eigenvalue weighted by molar-refractivity contribution is 7.98. The van der Waals surface area contributed by atoms with E-state index in [2.05, 4.69) is 4.90 Å². The van der Waals surface area contributed by atoms with E-state index in [0.29, 0.717) is 5.56 Å². The Kier molecular flexibility index (Phi) is 6.59. The number of hydrogen-bond acceptors (Lipinski definition) is 3. The lowest BCUT2D eigenvalue weighted by atomic mass is 10.1. The van der Waals surface area contributed by atoms with Crippen molar-refractivity contribution in [2.75, 3.05) is 26.4 Å². The molecule has 0 saturated carbocycles. The first-order chi connectivity index (χ1) is 8.99. The first-order valence-electron chi connectivity index (χ1n) is 5.91. The monoisotopic (exact) mass is 283 g/mol. The van der Waals surface area contributed by atoms with Gasteiger partial charge in [0, 0.05) is 24.1 Å². The number of halogens is 1. The van der Waals surface area contributed by atoms with Crippen molar-refractivity contribution in [3.8, 4) is 0 Å². The number of benzene rings is 1. The van der Waals surface area contributed by atoms with Gasteiger partial charge in [0.2, 0.25) is 0 Å². The molecule has 19 heavy (non-hydrogen) atoms. The molecule has 0 fully saturated rings. The standard InChI is InChI=1S/C14H18FNO2S/c1-16(2)7-8-19-10-12-3-5-13(15)9-11(12)4-6-14(17)18/h3-6,9H,7-8,10H2,1-2H3,(H,17,18). The largest absolute Gasteiger partial charge is 0.478 e. The lowest BCUT2D eigenvalue weighted by molar-refractivity contribution is -0.131. The van der Waals surface area contributed by atoms with Gasteiger partial charge < -0.3 is 10.0 Å². The van der Waals surface area contributed by atoms with Crippen molar-refractivity contribution in [1.29, 1.82) is 0 Å². The zero-order chi connectivity index (χ0) is 14.3. The van der Waals surface area contributed by atoms with E-state index in [1.165, 1.54) is 18.2 Å². The van der Waals surface area contributed by atoms with E-state index in [9.17, 15) is 9.18 Å². The Balaban J connectivity index is 2.68. The number of aliphatic carboxylic acids is 1. The predicted octanol–water partition coefficient (Wildman–Crippen LogP) is 2.72. The summed E-state index contributed by atoms with van der Waals surface area (Å²) >= 11 is 1.74. The highest BCUT2D eigenvalue weighted by atomic mass is 32.2. The van der Waals surface area contributed by atoms with E-state index in [-0.39, 0.29) is 5.82 Å². The number of nitrogens with zero attached hydrogens (tertiary/aromatic N) is 1. The summed E-state index contributed by atoms with van der Waals surface area (Å²) in [6.45, 7) is 0.978. The van der Waals surface area contributed by atoms with Crippen LogP contribution < -0.4 is 0 Å². The molecule has 0 aliphatic heterocycles. The van der Waals surface area contributed by atoms with Crippen molar-refractivity contribution in [2.45, 2.75) is 5.75 Å². The average Bonchev–Trinajstić information content (AvgIpc) is 2.33. The quantitative estimate of drug-likeness (QED) is 0.617. The zero-order valence-corrected chi connectivity index (χ0v) is 11.9. The number of carboxylic acids is 1. The van der Waals surface area contributed by atoms with Gasteiger partial charge in [0.05, 0.1) is 0 Å². The topological polar surface area (TPSA) is 40.5 Å². The lowest BCUT2D eigenvalue weighted by Crippen LogP contribution is -2.14. The summed E-state index contributed by atoms with van der Waals surface area (Å²) in [6, 6.07) is 4.47. The molecular weight excluding hydrogens is 265 g/mol. The third kappa shape index (κ3) is 6.40. The van der Waals surface area contributed by atoms with Crippen LogP contribution in [0.4, 0.5) is 4.39 Å².